The predicted octanol–water partition coefficient (Wildman–Crippen LogP) is 4.14. The first-order chi connectivity index (χ1) is 9.81. The topological polar surface area (TPSA) is 29.9 Å². The fraction of sp³-hybridized carbons (Fsp3) is 0.0625. The summed E-state index contributed by atoms with van der Waals surface area (Å²) in [6, 6.07) is 17.7. The van der Waals surface area contributed by atoms with Crippen LogP contribution < -0.4 is 5.32 Å². The van der Waals surface area contributed by atoms with Crippen molar-refractivity contribution in [3.05, 3.63) is 77.6 Å². The third-order valence-corrected chi connectivity index (χ3v) is 3.25. The van der Waals surface area contributed by atoms with Crippen LogP contribution in [0.25, 0.3) is 5.69 Å². The largest absolute Gasteiger partial charge is 0.381 e. The number of anilines is 1. The van der Waals surface area contributed by atoms with Crippen molar-refractivity contribution < 1.29 is 0 Å². The Morgan fingerprint density at radius 1 is 1.00 bits per heavy atom. The standard InChI is InChI=1S/C16H14ClN3/c17-14-6-8-15(9-7-14)18-10-13-11-19-20(12-13)16-4-2-1-3-5-16/h1-9,11-12,18H,10H2. The van der Waals surface area contributed by atoms with Gasteiger partial charge in [0.25, 0.3) is 0 Å². The molecule has 3 nitrogen and oxygen atoms in total. The lowest BCUT2D eigenvalue weighted by Crippen LogP contribution is -1.98. The van der Waals surface area contributed by atoms with Crippen molar-refractivity contribution in [1.82, 2.24) is 9.78 Å². The molecule has 0 aliphatic rings. The van der Waals surface area contributed by atoms with Gasteiger partial charge in [-0.1, -0.05) is 29.8 Å². The number of nitrogens with zero attached hydrogens (tertiary/aromatic N) is 2. The smallest absolute Gasteiger partial charge is 0.0645 e. The Kier molecular flexibility index (Phi) is 3.70. The van der Waals surface area contributed by atoms with Crippen LogP contribution in [0.15, 0.2) is 67.0 Å². The minimum absolute atomic E-state index is 0.731. The maximum Gasteiger partial charge on any atom is 0.0645 e. The minimum atomic E-state index is 0.731. The van der Waals surface area contributed by atoms with Crippen molar-refractivity contribution >= 4 is 17.3 Å². The fourth-order valence-corrected chi connectivity index (χ4v) is 2.07. The van der Waals surface area contributed by atoms with Crippen LogP contribution in [-0.4, -0.2) is 9.78 Å². The van der Waals surface area contributed by atoms with Crippen LogP contribution in [0.5, 0.6) is 0 Å². The average molecular weight is 284 g/mol. The number of para-hydroxylation sites is 1. The Bertz CT molecular complexity index is 674. The number of hydrogen-bond donors (Lipinski definition) is 1. The summed E-state index contributed by atoms with van der Waals surface area (Å²) >= 11 is 5.86. The van der Waals surface area contributed by atoms with Crippen LogP contribution in [0.3, 0.4) is 0 Å². The van der Waals surface area contributed by atoms with Crippen LogP contribution in [0.1, 0.15) is 5.56 Å². The minimum Gasteiger partial charge on any atom is -0.381 e. The van der Waals surface area contributed by atoms with Gasteiger partial charge in [-0.25, -0.2) is 4.68 Å². The van der Waals surface area contributed by atoms with E-state index in [2.05, 4.69) is 10.4 Å². The molecule has 1 aromatic heterocycles. The first-order valence-corrected chi connectivity index (χ1v) is 6.77. The van der Waals surface area contributed by atoms with Crippen LogP contribution >= 0.6 is 11.6 Å². The number of halogens is 1. The van der Waals surface area contributed by atoms with Gasteiger partial charge in [0.05, 0.1) is 11.9 Å². The molecule has 0 saturated carbocycles. The fourth-order valence-electron chi connectivity index (χ4n) is 1.95. The molecule has 0 unspecified atom stereocenters. The van der Waals surface area contributed by atoms with E-state index < -0.39 is 0 Å². The summed E-state index contributed by atoms with van der Waals surface area (Å²) in [4.78, 5) is 0. The number of rotatable bonds is 4. The van der Waals surface area contributed by atoms with Crippen LogP contribution in [0.2, 0.25) is 5.02 Å². The molecule has 0 bridgehead atoms. The van der Waals surface area contributed by atoms with E-state index in [0.717, 1.165) is 28.5 Å². The molecule has 20 heavy (non-hydrogen) atoms. The number of aromatic nitrogens is 2. The molecule has 2 aromatic carbocycles. The molecule has 1 N–H and O–H groups in total. The van der Waals surface area contributed by atoms with Crippen LogP contribution in [0, 0.1) is 0 Å². The molecule has 1 heterocycles. The summed E-state index contributed by atoms with van der Waals surface area (Å²) in [5.74, 6) is 0. The van der Waals surface area contributed by atoms with E-state index in [4.69, 9.17) is 11.6 Å². The average Bonchev–Trinajstić information content (AvgIpc) is 2.97. The highest BCUT2D eigenvalue weighted by atomic mass is 35.5. The van der Waals surface area contributed by atoms with Crippen LogP contribution in [0.4, 0.5) is 5.69 Å². The third kappa shape index (κ3) is 3.00. The van der Waals surface area contributed by atoms with E-state index in [0.29, 0.717) is 0 Å². The second kappa shape index (κ2) is 5.80. The second-order valence-electron chi connectivity index (χ2n) is 4.49. The van der Waals surface area contributed by atoms with Gasteiger partial charge in [-0.2, -0.15) is 5.10 Å². The van der Waals surface area contributed by atoms with E-state index in [1.165, 1.54) is 0 Å². The highest BCUT2D eigenvalue weighted by molar-refractivity contribution is 6.30. The first-order valence-electron chi connectivity index (χ1n) is 6.40. The Morgan fingerprint density at radius 2 is 1.75 bits per heavy atom. The van der Waals surface area contributed by atoms with Gasteiger partial charge in [0.15, 0.2) is 0 Å². The molecule has 100 valence electrons. The third-order valence-electron chi connectivity index (χ3n) is 3.00. The van der Waals surface area contributed by atoms with Crippen molar-refractivity contribution in [2.24, 2.45) is 0 Å². The monoisotopic (exact) mass is 283 g/mol. The maximum absolute atomic E-state index is 5.86. The quantitative estimate of drug-likeness (QED) is 0.780. The van der Waals surface area contributed by atoms with Gasteiger partial charge in [-0.3, -0.25) is 0 Å². The Balaban J connectivity index is 1.67. The molecule has 0 radical (unpaired) electrons. The molecule has 0 aliphatic carbocycles. The lowest BCUT2D eigenvalue weighted by atomic mass is 10.3. The van der Waals surface area contributed by atoms with E-state index in [-0.39, 0.29) is 0 Å². The zero-order chi connectivity index (χ0) is 13.8. The summed E-state index contributed by atoms with van der Waals surface area (Å²) in [5, 5.41) is 8.45. The molecule has 0 fully saturated rings. The molecular formula is C16H14ClN3. The molecule has 0 saturated heterocycles. The summed E-state index contributed by atoms with van der Waals surface area (Å²) in [6.45, 7) is 0.731. The Morgan fingerprint density at radius 3 is 2.50 bits per heavy atom. The van der Waals surface area contributed by atoms with Crippen molar-refractivity contribution in [3.63, 3.8) is 0 Å². The highest BCUT2D eigenvalue weighted by Gasteiger charge is 2.00. The molecule has 0 spiro atoms. The summed E-state index contributed by atoms with van der Waals surface area (Å²) in [5.41, 5.74) is 3.23. The second-order valence-corrected chi connectivity index (χ2v) is 4.93. The molecule has 0 aliphatic heterocycles. The molecular weight excluding hydrogens is 270 g/mol. The Labute approximate surface area is 122 Å². The van der Waals surface area contributed by atoms with Gasteiger partial charge in [-0.05, 0) is 36.4 Å². The normalized spacial score (nSPS) is 10.4. The number of hydrogen-bond acceptors (Lipinski definition) is 2. The summed E-state index contributed by atoms with van der Waals surface area (Å²) in [6.07, 6.45) is 3.90. The van der Waals surface area contributed by atoms with Gasteiger partial charge < -0.3 is 5.32 Å². The van der Waals surface area contributed by atoms with E-state index >= 15 is 0 Å². The molecule has 3 rings (SSSR count). The zero-order valence-corrected chi connectivity index (χ0v) is 11.6. The lowest BCUT2D eigenvalue weighted by molar-refractivity contribution is 0.880. The molecule has 4 heteroatoms. The highest BCUT2D eigenvalue weighted by Crippen LogP contribution is 2.15. The van der Waals surface area contributed by atoms with E-state index in [1.54, 1.807) is 0 Å². The van der Waals surface area contributed by atoms with E-state index in [1.807, 2.05) is 71.7 Å². The van der Waals surface area contributed by atoms with Gasteiger partial charge in [-0.15, -0.1) is 0 Å². The predicted molar refractivity (Wildman–Crippen MR) is 82.3 cm³/mol. The van der Waals surface area contributed by atoms with Gasteiger partial charge in [0, 0.05) is 29.0 Å². The van der Waals surface area contributed by atoms with Crippen molar-refractivity contribution in [2.75, 3.05) is 5.32 Å². The van der Waals surface area contributed by atoms with E-state index in [9.17, 15) is 0 Å². The molecule has 0 amide bonds. The summed E-state index contributed by atoms with van der Waals surface area (Å²) < 4.78 is 1.87. The number of benzene rings is 2. The van der Waals surface area contributed by atoms with Gasteiger partial charge in [0.2, 0.25) is 0 Å². The maximum atomic E-state index is 5.86. The first kappa shape index (κ1) is 12.8. The van der Waals surface area contributed by atoms with Crippen molar-refractivity contribution in [3.8, 4) is 5.69 Å². The molecule has 3 aromatic rings. The SMILES string of the molecule is Clc1ccc(NCc2cnn(-c3ccccc3)c2)cc1. The Hall–Kier alpha value is -2.26. The molecule has 0 atom stereocenters. The summed E-state index contributed by atoms with van der Waals surface area (Å²) in [7, 11) is 0. The van der Waals surface area contributed by atoms with Crippen LogP contribution in [-0.2, 0) is 6.54 Å². The van der Waals surface area contributed by atoms with Gasteiger partial charge in [0.1, 0.15) is 0 Å². The van der Waals surface area contributed by atoms with Crippen molar-refractivity contribution in [1.29, 1.82) is 0 Å². The zero-order valence-electron chi connectivity index (χ0n) is 10.8. The van der Waals surface area contributed by atoms with Gasteiger partial charge >= 0.3 is 0 Å². The lowest BCUT2D eigenvalue weighted by Gasteiger charge is -2.04. The van der Waals surface area contributed by atoms with Crippen molar-refractivity contribution in [2.45, 2.75) is 6.54 Å². The number of nitrogens with one attached hydrogen (secondary N) is 1.